The Kier molecular flexibility index (Phi) is 2.90. The van der Waals surface area contributed by atoms with Crippen LogP contribution in [0.4, 0.5) is 14.5 Å². The lowest BCUT2D eigenvalue weighted by Crippen LogP contribution is -2.13. The number of pyridine rings is 1. The number of aromatic nitrogens is 2. The number of benzene rings is 1. The average molecular weight is 273 g/mol. The Hall–Kier alpha value is -2.76. The SMILES string of the molecule is O=C(Nc1ccc(F)cc1F)c1cc2ncccc2[nH]1. The molecule has 0 aliphatic rings. The molecule has 0 unspecified atom stereocenters. The van der Waals surface area contributed by atoms with Crippen LogP contribution in [-0.2, 0) is 0 Å². The zero-order valence-corrected chi connectivity index (χ0v) is 10.2. The standard InChI is InChI=1S/C14H9F2N3O/c15-8-3-4-10(9(16)6-8)19-14(20)13-7-12-11(18-13)2-1-5-17-12/h1-7,18H,(H,19,20). The number of aromatic amines is 1. The van der Waals surface area contributed by atoms with Crippen molar-refractivity contribution in [1.29, 1.82) is 0 Å². The fraction of sp³-hybridized carbons (Fsp3) is 0. The maximum atomic E-state index is 13.5. The van der Waals surface area contributed by atoms with Crippen LogP contribution in [0.25, 0.3) is 11.0 Å². The maximum Gasteiger partial charge on any atom is 0.272 e. The molecular formula is C14H9F2N3O. The Labute approximate surface area is 112 Å². The van der Waals surface area contributed by atoms with Gasteiger partial charge in [-0.05, 0) is 30.3 Å². The maximum absolute atomic E-state index is 13.5. The number of hydrogen-bond donors (Lipinski definition) is 2. The number of carbonyl (C=O) groups excluding carboxylic acids is 1. The molecular weight excluding hydrogens is 264 g/mol. The summed E-state index contributed by atoms with van der Waals surface area (Å²) in [5.41, 5.74) is 1.51. The molecule has 20 heavy (non-hydrogen) atoms. The highest BCUT2D eigenvalue weighted by atomic mass is 19.1. The Morgan fingerprint density at radius 1 is 1.20 bits per heavy atom. The largest absolute Gasteiger partial charge is 0.349 e. The number of rotatable bonds is 2. The summed E-state index contributed by atoms with van der Waals surface area (Å²) in [6.07, 6.45) is 1.61. The highest BCUT2D eigenvalue weighted by Gasteiger charge is 2.12. The lowest BCUT2D eigenvalue weighted by Gasteiger charge is -2.04. The molecule has 100 valence electrons. The van der Waals surface area contributed by atoms with E-state index in [9.17, 15) is 13.6 Å². The highest BCUT2D eigenvalue weighted by Crippen LogP contribution is 2.17. The van der Waals surface area contributed by atoms with Crippen molar-refractivity contribution in [3.63, 3.8) is 0 Å². The zero-order chi connectivity index (χ0) is 14.1. The molecule has 0 fully saturated rings. The summed E-state index contributed by atoms with van der Waals surface area (Å²) in [4.78, 5) is 19.0. The monoisotopic (exact) mass is 273 g/mol. The molecule has 0 saturated heterocycles. The van der Waals surface area contributed by atoms with Crippen LogP contribution in [0.1, 0.15) is 10.5 Å². The molecule has 6 heteroatoms. The normalized spacial score (nSPS) is 10.7. The molecule has 0 saturated carbocycles. The quantitative estimate of drug-likeness (QED) is 0.753. The molecule has 2 heterocycles. The second-order valence-corrected chi connectivity index (χ2v) is 4.20. The summed E-state index contributed by atoms with van der Waals surface area (Å²) in [6, 6.07) is 8.03. The molecule has 0 radical (unpaired) electrons. The smallest absolute Gasteiger partial charge is 0.272 e. The lowest BCUT2D eigenvalue weighted by atomic mass is 10.3. The van der Waals surface area contributed by atoms with E-state index in [1.165, 1.54) is 6.07 Å². The number of fused-ring (bicyclic) bond motifs is 1. The van der Waals surface area contributed by atoms with E-state index < -0.39 is 17.5 Å². The van der Waals surface area contributed by atoms with E-state index in [0.717, 1.165) is 6.07 Å². The highest BCUT2D eigenvalue weighted by molar-refractivity contribution is 6.05. The third-order valence-corrected chi connectivity index (χ3v) is 2.81. The van der Waals surface area contributed by atoms with Gasteiger partial charge in [0.2, 0.25) is 0 Å². The van der Waals surface area contributed by atoms with Crippen molar-refractivity contribution in [3.8, 4) is 0 Å². The van der Waals surface area contributed by atoms with Crippen LogP contribution in [0.2, 0.25) is 0 Å². The molecule has 4 nitrogen and oxygen atoms in total. The first-order chi connectivity index (χ1) is 9.63. The molecule has 0 bridgehead atoms. The van der Waals surface area contributed by atoms with Gasteiger partial charge in [-0.25, -0.2) is 8.78 Å². The van der Waals surface area contributed by atoms with Gasteiger partial charge in [0.15, 0.2) is 0 Å². The molecule has 1 aromatic carbocycles. The van der Waals surface area contributed by atoms with Crippen molar-refractivity contribution in [2.75, 3.05) is 5.32 Å². The number of nitrogens with one attached hydrogen (secondary N) is 2. The van der Waals surface area contributed by atoms with E-state index >= 15 is 0 Å². The first-order valence-corrected chi connectivity index (χ1v) is 5.83. The van der Waals surface area contributed by atoms with Crippen LogP contribution in [0, 0.1) is 11.6 Å². The Bertz CT molecular complexity index is 765. The van der Waals surface area contributed by atoms with Gasteiger partial charge in [0.25, 0.3) is 5.91 Å². The molecule has 2 N–H and O–H groups in total. The predicted octanol–water partition coefficient (Wildman–Crippen LogP) is 3.09. The number of anilines is 1. The van der Waals surface area contributed by atoms with Crippen LogP contribution >= 0.6 is 0 Å². The van der Waals surface area contributed by atoms with Gasteiger partial charge in [-0.1, -0.05) is 0 Å². The van der Waals surface area contributed by atoms with Crippen LogP contribution in [0.15, 0.2) is 42.6 Å². The van der Waals surface area contributed by atoms with Crippen molar-refractivity contribution in [3.05, 3.63) is 59.9 Å². The molecule has 0 aliphatic carbocycles. The number of H-pyrrole nitrogens is 1. The molecule has 3 aromatic rings. The van der Waals surface area contributed by atoms with Crippen LogP contribution in [0.5, 0.6) is 0 Å². The van der Waals surface area contributed by atoms with Gasteiger partial charge in [0.05, 0.1) is 16.7 Å². The fourth-order valence-electron chi connectivity index (χ4n) is 1.86. The molecule has 3 rings (SSSR count). The van der Waals surface area contributed by atoms with Gasteiger partial charge in [0.1, 0.15) is 17.3 Å². The summed E-state index contributed by atoms with van der Waals surface area (Å²) in [6.45, 7) is 0. The van der Waals surface area contributed by atoms with Crippen LogP contribution in [-0.4, -0.2) is 15.9 Å². The molecule has 0 atom stereocenters. The van der Waals surface area contributed by atoms with E-state index in [4.69, 9.17) is 0 Å². The van der Waals surface area contributed by atoms with Crippen molar-refractivity contribution in [1.82, 2.24) is 9.97 Å². The third-order valence-electron chi connectivity index (χ3n) is 2.81. The van der Waals surface area contributed by atoms with Crippen LogP contribution in [0.3, 0.4) is 0 Å². The molecule has 2 aromatic heterocycles. The van der Waals surface area contributed by atoms with Gasteiger partial charge in [0, 0.05) is 12.3 Å². The number of halogens is 2. The minimum absolute atomic E-state index is 0.0805. The summed E-state index contributed by atoms with van der Waals surface area (Å²) < 4.78 is 26.2. The molecule has 0 aliphatic heterocycles. The number of hydrogen-bond acceptors (Lipinski definition) is 2. The zero-order valence-electron chi connectivity index (χ0n) is 10.2. The van der Waals surface area contributed by atoms with Crippen molar-refractivity contribution in [2.45, 2.75) is 0 Å². The Morgan fingerprint density at radius 3 is 2.80 bits per heavy atom. The Morgan fingerprint density at radius 2 is 2.05 bits per heavy atom. The molecule has 0 spiro atoms. The van der Waals surface area contributed by atoms with Crippen LogP contribution < -0.4 is 5.32 Å². The molecule has 1 amide bonds. The van der Waals surface area contributed by atoms with E-state index in [2.05, 4.69) is 15.3 Å². The van der Waals surface area contributed by atoms with Gasteiger partial charge in [-0.15, -0.1) is 0 Å². The first-order valence-electron chi connectivity index (χ1n) is 5.83. The van der Waals surface area contributed by atoms with Crippen molar-refractivity contribution >= 4 is 22.6 Å². The lowest BCUT2D eigenvalue weighted by molar-refractivity contribution is 0.102. The van der Waals surface area contributed by atoms with E-state index in [1.54, 1.807) is 24.4 Å². The Balaban J connectivity index is 1.89. The van der Waals surface area contributed by atoms with Gasteiger partial charge >= 0.3 is 0 Å². The third kappa shape index (κ3) is 2.23. The van der Waals surface area contributed by atoms with Gasteiger partial charge in [-0.3, -0.25) is 9.78 Å². The van der Waals surface area contributed by atoms with E-state index in [1.807, 2.05) is 0 Å². The van der Waals surface area contributed by atoms with E-state index in [-0.39, 0.29) is 11.4 Å². The van der Waals surface area contributed by atoms with Crippen molar-refractivity contribution < 1.29 is 13.6 Å². The number of amides is 1. The summed E-state index contributed by atoms with van der Waals surface area (Å²) in [7, 11) is 0. The fourth-order valence-corrected chi connectivity index (χ4v) is 1.86. The average Bonchev–Trinajstić information content (AvgIpc) is 2.86. The van der Waals surface area contributed by atoms with E-state index in [0.29, 0.717) is 17.1 Å². The predicted molar refractivity (Wildman–Crippen MR) is 70.4 cm³/mol. The number of carbonyl (C=O) groups is 1. The summed E-state index contributed by atoms with van der Waals surface area (Å²) in [5.74, 6) is -2.04. The number of nitrogens with zero attached hydrogens (tertiary/aromatic N) is 1. The van der Waals surface area contributed by atoms with Crippen molar-refractivity contribution in [2.24, 2.45) is 0 Å². The first kappa shape index (κ1) is 12.3. The second-order valence-electron chi connectivity index (χ2n) is 4.20. The minimum Gasteiger partial charge on any atom is -0.349 e. The van der Waals surface area contributed by atoms with Gasteiger partial charge in [-0.2, -0.15) is 0 Å². The second kappa shape index (κ2) is 4.73. The summed E-state index contributed by atoms with van der Waals surface area (Å²) in [5, 5.41) is 2.38. The minimum atomic E-state index is -0.826. The topological polar surface area (TPSA) is 57.8 Å². The summed E-state index contributed by atoms with van der Waals surface area (Å²) >= 11 is 0. The van der Waals surface area contributed by atoms with Gasteiger partial charge < -0.3 is 10.3 Å².